The third-order valence-corrected chi connectivity index (χ3v) is 7.00. The Kier molecular flexibility index (Phi) is 12.0. The molecule has 0 saturated carbocycles. The van der Waals surface area contributed by atoms with Gasteiger partial charge in [0, 0.05) is 0 Å². The minimum Gasteiger partial charge on any atom is -0.309 e. The van der Waals surface area contributed by atoms with Gasteiger partial charge in [0.1, 0.15) is 0 Å². The lowest BCUT2D eigenvalue weighted by Crippen LogP contribution is -2.02. The number of hydrogen-bond acceptors (Lipinski definition) is 6. The van der Waals surface area contributed by atoms with Gasteiger partial charge in [-0.3, -0.25) is 9.13 Å². The molecule has 0 rings (SSSR count). The highest BCUT2D eigenvalue weighted by molar-refractivity contribution is 7.54. The second-order valence-electron chi connectivity index (χ2n) is 4.40. The quantitative estimate of drug-likeness (QED) is 0.336. The van der Waals surface area contributed by atoms with Gasteiger partial charge in [-0.05, 0) is 40.5 Å². The van der Waals surface area contributed by atoms with Gasteiger partial charge in [-0.2, -0.15) is 0 Å². The van der Waals surface area contributed by atoms with Crippen LogP contribution in [0.15, 0.2) is 0 Å². The van der Waals surface area contributed by atoms with Gasteiger partial charge in [-0.1, -0.05) is 6.42 Å². The molecule has 0 aliphatic heterocycles. The van der Waals surface area contributed by atoms with Crippen LogP contribution in [-0.2, 0) is 27.2 Å². The molecule has 0 N–H and O–H groups in total. The van der Waals surface area contributed by atoms with E-state index in [1.165, 1.54) is 0 Å². The van der Waals surface area contributed by atoms with Crippen molar-refractivity contribution in [2.75, 3.05) is 38.8 Å². The summed E-state index contributed by atoms with van der Waals surface area (Å²) >= 11 is 0. The molecule has 0 bridgehead atoms. The molecule has 0 radical (unpaired) electrons. The van der Waals surface area contributed by atoms with Crippen LogP contribution in [-0.4, -0.2) is 38.8 Å². The summed E-state index contributed by atoms with van der Waals surface area (Å²) in [4.78, 5) is 0. The van der Waals surface area contributed by atoms with E-state index < -0.39 is 15.2 Å². The largest absolute Gasteiger partial charge is 0.330 e. The topological polar surface area (TPSA) is 71.1 Å². The smallest absolute Gasteiger partial charge is 0.309 e. The number of unbranched alkanes of at least 4 members (excludes halogenated alkanes) is 2. The van der Waals surface area contributed by atoms with E-state index in [1.54, 1.807) is 27.7 Å². The fourth-order valence-corrected chi connectivity index (χ4v) is 5.37. The first-order chi connectivity index (χ1) is 9.95. The second-order valence-corrected chi connectivity index (χ2v) is 8.77. The average Bonchev–Trinajstić information content (AvgIpc) is 2.39. The molecular weight excluding hydrogens is 314 g/mol. The highest BCUT2D eigenvalue weighted by atomic mass is 31.2. The van der Waals surface area contributed by atoms with Crippen LogP contribution in [0, 0.1) is 0 Å². The summed E-state index contributed by atoms with van der Waals surface area (Å²) in [7, 11) is -5.91. The predicted octanol–water partition coefficient (Wildman–Crippen LogP) is 4.69. The molecule has 0 atom stereocenters. The van der Waals surface area contributed by atoms with Crippen LogP contribution in [0.5, 0.6) is 0 Å². The van der Waals surface area contributed by atoms with Crippen molar-refractivity contribution in [1.29, 1.82) is 0 Å². The SMILES string of the molecule is CCOP(=O)(CCCCCP(=O)(OCC)OCC)OCC. The van der Waals surface area contributed by atoms with Gasteiger partial charge in [0.15, 0.2) is 0 Å². The van der Waals surface area contributed by atoms with Crippen LogP contribution in [0.25, 0.3) is 0 Å². The van der Waals surface area contributed by atoms with Crippen molar-refractivity contribution < 1.29 is 27.2 Å². The third kappa shape index (κ3) is 9.83. The van der Waals surface area contributed by atoms with Crippen molar-refractivity contribution in [3.63, 3.8) is 0 Å². The first-order valence-corrected chi connectivity index (χ1v) is 11.2. The Morgan fingerprint density at radius 2 is 0.857 bits per heavy atom. The summed E-state index contributed by atoms with van der Waals surface area (Å²) in [5.74, 6) is 0. The lowest BCUT2D eigenvalue weighted by atomic mass is 10.3. The molecule has 21 heavy (non-hydrogen) atoms. The highest BCUT2D eigenvalue weighted by Crippen LogP contribution is 2.50. The molecule has 0 aliphatic rings. The van der Waals surface area contributed by atoms with Gasteiger partial charge >= 0.3 is 15.2 Å². The van der Waals surface area contributed by atoms with E-state index in [0.29, 0.717) is 51.6 Å². The molecule has 0 saturated heterocycles. The minimum atomic E-state index is -2.96. The van der Waals surface area contributed by atoms with Gasteiger partial charge < -0.3 is 18.1 Å². The van der Waals surface area contributed by atoms with Crippen LogP contribution in [0.3, 0.4) is 0 Å². The lowest BCUT2D eigenvalue weighted by Gasteiger charge is -2.18. The molecule has 0 aromatic carbocycles. The van der Waals surface area contributed by atoms with Crippen LogP contribution in [0.4, 0.5) is 0 Å². The van der Waals surface area contributed by atoms with Crippen molar-refractivity contribution in [1.82, 2.24) is 0 Å². The first kappa shape index (κ1) is 21.3. The first-order valence-electron chi connectivity index (χ1n) is 7.71. The van der Waals surface area contributed by atoms with Gasteiger partial charge in [-0.15, -0.1) is 0 Å². The second kappa shape index (κ2) is 11.8. The Morgan fingerprint density at radius 3 is 1.10 bits per heavy atom. The van der Waals surface area contributed by atoms with Crippen molar-refractivity contribution in [2.24, 2.45) is 0 Å². The summed E-state index contributed by atoms with van der Waals surface area (Å²) < 4.78 is 45.4. The summed E-state index contributed by atoms with van der Waals surface area (Å²) in [5.41, 5.74) is 0. The molecule has 0 heterocycles. The molecule has 128 valence electrons. The van der Waals surface area contributed by atoms with Crippen LogP contribution < -0.4 is 0 Å². The van der Waals surface area contributed by atoms with Crippen LogP contribution in [0.1, 0.15) is 47.0 Å². The third-order valence-electron chi connectivity index (χ3n) is 2.67. The van der Waals surface area contributed by atoms with Gasteiger partial charge in [0.25, 0.3) is 0 Å². The predicted molar refractivity (Wildman–Crippen MR) is 85.3 cm³/mol. The summed E-state index contributed by atoms with van der Waals surface area (Å²) in [6.07, 6.45) is 2.98. The Morgan fingerprint density at radius 1 is 0.571 bits per heavy atom. The fourth-order valence-electron chi connectivity index (χ4n) is 1.91. The van der Waals surface area contributed by atoms with E-state index >= 15 is 0 Å². The molecule has 6 nitrogen and oxygen atoms in total. The Bertz CT molecular complexity index is 296. The molecule has 0 aromatic heterocycles. The van der Waals surface area contributed by atoms with Crippen LogP contribution >= 0.6 is 15.2 Å². The lowest BCUT2D eigenvalue weighted by molar-refractivity contribution is 0.219. The molecule has 0 aromatic rings. The monoisotopic (exact) mass is 344 g/mol. The molecule has 0 unspecified atom stereocenters. The van der Waals surface area contributed by atoms with Crippen molar-refractivity contribution >= 4 is 15.2 Å². The summed E-state index contributed by atoms with van der Waals surface area (Å²) in [6, 6.07) is 0. The molecule has 0 spiro atoms. The molecule has 0 fully saturated rings. The maximum absolute atomic E-state index is 12.2. The molecule has 0 amide bonds. The highest BCUT2D eigenvalue weighted by Gasteiger charge is 2.24. The number of hydrogen-bond donors (Lipinski definition) is 0. The van der Waals surface area contributed by atoms with Crippen LogP contribution in [0.2, 0.25) is 0 Å². The van der Waals surface area contributed by atoms with Gasteiger partial charge in [-0.25, -0.2) is 0 Å². The standard InChI is InChI=1S/C13H30O6P2/c1-5-16-20(14,17-6-2)12-10-9-11-13-21(15,18-7-3)19-8-4/h5-13H2,1-4H3. The van der Waals surface area contributed by atoms with E-state index in [2.05, 4.69) is 0 Å². The van der Waals surface area contributed by atoms with E-state index in [-0.39, 0.29) is 0 Å². The normalized spacial score (nSPS) is 12.8. The zero-order chi connectivity index (χ0) is 16.2. The zero-order valence-electron chi connectivity index (χ0n) is 13.7. The average molecular weight is 344 g/mol. The van der Waals surface area contributed by atoms with Crippen molar-refractivity contribution in [3.8, 4) is 0 Å². The molecule has 0 aliphatic carbocycles. The Labute approximate surface area is 128 Å². The minimum absolute atomic E-state index is 0.376. The fraction of sp³-hybridized carbons (Fsp3) is 1.00. The summed E-state index contributed by atoms with van der Waals surface area (Å²) in [6.45, 7) is 8.70. The Hall–Kier alpha value is 0.300. The summed E-state index contributed by atoms with van der Waals surface area (Å²) in [5, 5.41) is 0. The van der Waals surface area contributed by atoms with E-state index in [0.717, 1.165) is 6.42 Å². The maximum atomic E-state index is 12.2. The molecular formula is C13H30O6P2. The van der Waals surface area contributed by atoms with Gasteiger partial charge in [0.2, 0.25) is 0 Å². The van der Waals surface area contributed by atoms with E-state index in [4.69, 9.17) is 18.1 Å². The Balaban J connectivity index is 4.07. The van der Waals surface area contributed by atoms with E-state index in [1.807, 2.05) is 0 Å². The van der Waals surface area contributed by atoms with E-state index in [9.17, 15) is 9.13 Å². The molecule has 8 heteroatoms. The zero-order valence-corrected chi connectivity index (χ0v) is 15.5. The van der Waals surface area contributed by atoms with Crippen molar-refractivity contribution in [3.05, 3.63) is 0 Å². The van der Waals surface area contributed by atoms with Crippen molar-refractivity contribution in [2.45, 2.75) is 47.0 Å². The van der Waals surface area contributed by atoms with Gasteiger partial charge in [0.05, 0.1) is 38.8 Å². The number of rotatable bonds is 14. The maximum Gasteiger partial charge on any atom is 0.330 e.